The van der Waals surface area contributed by atoms with E-state index in [0.717, 1.165) is 22.3 Å². The van der Waals surface area contributed by atoms with Gasteiger partial charge in [-0.2, -0.15) is 0 Å². The molecule has 0 spiro atoms. The number of carbonyl (C=O) groups excluding carboxylic acids is 1. The first-order chi connectivity index (χ1) is 18.5. The van der Waals surface area contributed by atoms with Crippen molar-refractivity contribution in [2.24, 2.45) is 5.92 Å². The maximum absolute atomic E-state index is 12.9. The Morgan fingerprint density at radius 2 is 1.76 bits per heavy atom. The molecule has 2 N–H and O–H groups in total. The van der Waals surface area contributed by atoms with Gasteiger partial charge in [0.1, 0.15) is 22.6 Å². The lowest BCUT2D eigenvalue weighted by Gasteiger charge is -2.30. The van der Waals surface area contributed by atoms with Gasteiger partial charge in [0.05, 0.1) is 18.7 Å². The van der Waals surface area contributed by atoms with E-state index in [9.17, 15) is 14.7 Å². The summed E-state index contributed by atoms with van der Waals surface area (Å²) in [6.45, 7) is 0.757. The summed E-state index contributed by atoms with van der Waals surface area (Å²) in [6.07, 6.45) is 0.859. The molecule has 3 aromatic carbocycles. The summed E-state index contributed by atoms with van der Waals surface area (Å²) in [7, 11) is 1.53. The molecule has 0 bridgehead atoms. The molecule has 3 heterocycles. The molecular weight excluding hydrogens is 486 g/mol. The van der Waals surface area contributed by atoms with Crippen molar-refractivity contribution in [2.75, 3.05) is 25.5 Å². The number of furan rings is 1. The molecule has 0 unspecified atom stereocenters. The lowest BCUT2D eigenvalue weighted by molar-refractivity contribution is -0.143. The molecular formula is C29H25N3O6. The van der Waals surface area contributed by atoms with Crippen molar-refractivity contribution in [2.45, 2.75) is 12.8 Å². The van der Waals surface area contributed by atoms with Crippen LogP contribution in [0.5, 0.6) is 5.75 Å². The van der Waals surface area contributed by atoms with Gasteiger partial charge in [0.15, 0.2) is 5.58 Å². The number of anilines is 1. The second-order valence-corrected chi connectivity index (χ2v) is 9.29. The molecule has 1 saturated heterocycles. The van der Waals surface area contributed by atoms with Crippen molar-refractivity contribution in [1.82, 2.24) is 9.88 Å². The highest BCUT2D eigenvalue weighted by Gasteiger charge is 2.27. The van der Waals surface area contributed by atoms with Crippen LogP contribution in [0.3, 0.4) is 0 Å². The average molecular weight is 512 g/mol. The number of piperidine rings is 1. The Bertz CT molecular complexity index is 1630. The standard InChI is InChI=1S/C29H25N3O6/c1-36-24-8-7-20(15-21(24)31-29(35)32-12-10-17(11-13-32)28(33)34)27-30-22-14-19(6-9-25(22)38-27)26-16-18-4-2-3-5-23(18)37-26/h2-9,14-17H,10-13H2,1H3,(H,31,35)(H,33,34). The molecule has 6 rings (SSSR count). The second-order valence-electron chi connectivity index (χ2n) is 9.29. The predicted molar refractivity (Wildman–Crippen MR) is 142 cm³/mol. The van der Waals surface area contributed by atoms with E-state index < -0.39 is 11.9 Å². The fourth-order valence-corrected chi connectivity index (χ4v) is 4.79. The molecule has 0 saturated carbocycles. The van der Waals surface area contributed by atoms with Crippen molar-refractivity contribution < 1.29 is 28.3 Å². The number of urea groups is 1. The first-order valence-corrected chi connectivity index (χ1v) is 12.3. The number of carboxylic acids is 1. The zero-order valence-electron chi connectivity index (χ0n) is 20.6. The number of likely N-dealkylation sites (tertiary alicyclic amines) is 1. The third-order valence-electron chi connectivity index (χ3n) is 6.92. The number of para-hydroxylation sites is 1. The Kier molecular flexibility index (Phi) is 5.95. The highest BCUT2D eigenvalue weighted by atomic mass is 16.5. The molecule has 192 valence electrons. The van der Waals surface area contributed by atoms with Crippen LogP contribution in [0.1, 0.15) is 12.8 Å². The van der Waals surface area contributed by atoms with Gasteiger partial charge < -0.3 is 28.9 Å². The number of ether oxygens (including phenoxy) is 1. The van der Waals surface area contributed by atoms with E-state index in [2.05, 4.69) is 10.3 Å². The van der Waals surface area contributed by atoms with Gasteiger partial charge in [-0.25, -0.2) is 9.78 Å². The number of carbonyl (C=O) groups is 2. The van der Waals surface area contributed by atoms with E-state index in [1.165, 1.54) is 7.11 Å². The van der Waals surface area contributed by atoms with Crippen LogP contribution in [-0.4, -0.2) is 47.2 Å². The fraction of sp³-hybridized carbons (Fsp3) is 0.207. The third kappa shape index (κ3) is 4.43. The molecule has 9 heteroatoms. The molecule has 2 aromatic heterocycles. The lowest BCUT2D eigenvalue weighted by atomic mass is 9.97. The summed E-state index contributed by atoms with van der Waals surface area (Å²) in [5.41, 5.74) is 4.17. The van der Waals surface area contributed by atoms with E-state index in [-0.39, 0.29) is 6.03 Å². The molecule has 1 fully saturated rings. The zero-order valence-corrected chi connectivity index (χ0v) is 20.6. The number of benzene rings is 3. The van der Waals surface area contributed by atoms with Crippen LogP contribution < -0.4 is 10.1 Å². The number of aromatic nitrogens is 1. The smallest absolute Gasteiger partial charge is 0.321 e. The van der Waals surface area contributed by atoms with Crippen LogP contribution in [0, 0.1) is 5.92 Å². The first-order valence-electron chi connectivity index (χ1n) is 12.3. The zero-order chi connectivity index (χ0) is 26.2. The van der Waals surface area contributed by atoms with Crippen molar-refractivity contribution in [3.8, 4) is 28.5 Å². The number of nitrogens with zero attached hydrogens (tertiary/aromatic N) is 2. The number of amides is 2. The topological polar surface area (TPSA) is 118 Å². The van der Waals surface area contributed by atoms with Gasteiger partial charge >= 0.3 is 12.0 Å². The Morgan fingerprint density at radius 1 is 0.974 bits per heavy atom. The third-order valence-corrected chi connectivity index (χ3v) is 6.92. The van der Waals surface area contributed by atoms with E-state index >= 15 is 0 Å². The van der Waals surface area contributed by atoms with E-state index in [4.69, 9.17) is 13.6 Å². The number of oxazole rings is 1. The minimum Gasteiger partial charge on any atom is -0.495 e. The largest absolute Gasteiger partial charge is 0.495 e. The summed E-state index contributed by atoms with van der Waals surface area (Å²) in [4.78, 5) is 30.4. The fourth-order valence-electron chi connectivity index (χ4n) is 4.79. The molecule has 2 amide bonds. The van der Waals surface area contributed by atoms with Crippen molar-refractivity contribution in [3.05, 3.63) is 66.7 Å². The molecule has 0 aliphatic carbocycles. The Morgan fingerprint density at radius 3 is 2.53 bits per heavy atom. The van der Waals surface area contributed by atoms with Crippen LogP contribution in [0.25, 0.3) is 44.8 Å². The monoisotopic (exact) mass is 511 g/mol. The predicted octanol–water partition coefficient (Wildman–Crippen LogP) is 6.25. The highest BCUT2D eigenvalue weighted by Crippen LogP contribution is 2.34. The first kappa shape index (κ1) is 23.6. The van der Waals surface area contributed by atoms with Crippen molar-refractivity contribution >= 4 is 39.8 Å². The van der Waals surface area contributed by atoms with E-state index in [1.54, 1.807) is 17.0 Å². The summed E-state index contributed by atoms with van der Waals surface area (Å²) in [5, 5.41) is 13.1. The molecule has 0 atom stereocenters. The number of rotatable bonds is 5. The lowest BCUT2D eigenvalue weighted by Crippen LogP contribution is -2.42. The summed E-state index contributed by atoms with van der Waals surface area (Å²) in [6, 6.07) is 20.6. The number of fused-ring (bicyclic) bond motifs is 2. The molecule has 38 heavy (non-hydrogen) atoms. The Labute approximate surface area is 217 Å². The van der Waals surface area contributed by atoms with E-state index in [1.807, 2.05) is 54.6 Å². The average Bonchev–Trinajstić information content (AvgIpc) is 3.57. The van der Waals surface area contributed by atoms with Gasteiger partial charge in [-0.15, -0.1) is 0 Å². The molecule has 1 aliphatic heterocycles. The second kappa shape index (κ2) is 9.59. The molecule has 9 nitrogen and oxygen atoms in total. The molecule has 5 aromatic rings. The van der Waals surface area contributed by atoms with E-state index in [0.29, 0.717) is 59.9 Å². The summed E-state index contributed by atoms with van der Waals surface area (Å²) >= 11 is 0. The minimum absolute atomic E-state index is 0.308. The maximum Gasteiger partial charge on any atom is 0.321 e. The van der Waals surface area contributed by atoms with Gasteiger partial charge in [-0.05, 0) is 61.4 Å². The number of aliphatic carboxylic acids is 1. The van der Waals surface area contributed by atoms with Gasteiger partial charge in [-0.1, -0.05) is 18.2 Å². The van der Waals surface area contributed by atoms with Gasteiger partial charge in [0, 0.05) is 29.6 Å². The highest BCUT2D eigenvalue weighted by molar-refractivity contribution is 5.92. The Balaban J connectivity index is 1.25. The normalized spacial score (nSPS) is 14.2. The van der Waals surface area contributed by atoms with Gasteiger partial charge in [0.25, 0.3) is 0 Å². The van der Waals surface area contributed by atoms with Gasteiger partial charge in [0.2, 0.25) is 5.89 Å². The van der Waals surface area contributed by atoms with Crippen LogP contribution in [0.2, 0.25) is 0 Å². The number of nitrogens with one attached hydrogen (secondary N) is 1. The Hall–Kier alpha value is -4.79. The minimum atomic E-state index is -0.817. The van der Waals surface area contributed by atoms with Gasteiger partial charge in [-0.3, -0.25) is 4.79 Å². The molecule has 0 radical (unpaired) electrons. The quantitative estimate of drug-likeness (QED) is 0.286. The summed E-state index contributed by atoms with van der Waals surface area (Å²) in [5.74, 6) is 0.415. The van der Waals surface area contributed by atoms with Crippen molar-refractivity contribution in [3.63, 3.8) is 0 Å². The number of hydrogen-bond acceptors (Lipinski definition) is 6. The van der Waals surface area contributed by atoms with Crippen molar-refractivity contribution in [1.29, 1.82) is 0 Å². The van der Waals surface area contributed by atoms with Crippen LogP contribution >= 0.6 is 0 Å². The number of methoxy groups -OCH3 is 1. The van der Waals surface area contributed by atoms with Crippen LogP contribution in [0.4, 0.5) is 10.5 Å². The molecule has 1 aliphatic rings. The van der Waals surface area contributed by atoms with Crippen LogP contribution in [0.15, 0.2) is 75.6 Å². The maximum atomic E-state index is 12.9. The SMILES string of the molecule is COc1ccc(-c2nc3cc(-c4cc5ccccc5o4)ccc3o2)cc1NC(=O)N1CCC(C(=O)O)CC1. The number of hydrogen-bond donors (Lipinski definition) is 2. The van der Waals surface area contributed by atoms with Crippen LogP contribution in [-0.2, 0) is 4.79 Å². The number of carboxylic acid groups (broad SMARTS) is 1. The summed E-state index contributed by atoms with van der Waals surface area (Å²) < 4.78 is 17.5.